The van der Waals surface area contributed by atoms with Crippen LogP contribution >= 0.6 is 11.6 Å². The lowest BCUT2D eigenvalue weighted by molar-refractivity contribution is -0.133. The van der Waals surface area contributed by atoms with E-state index in [0.717, 1.165) is 16.7 Å². The van der Waals surface area contributed by atoms with Gasteiger partial charge in [0.15, 0.2) is 0 Å². The molecule has 5 nitrogen and oxygen atoms in total. The number of halogens is 1. The first-order valence-corrected chi connectivity index (χ1v) is 7.06. The zero-order valence-electron chi connectivity index (χ0n) is 12.5. The fourth-order valence-electron chi connectivity index (χ4n) is 1.96. The Balaban J connectivity index is 2.09. The number of amides is 2. The highest BCUT2D eigenvalue weighted by atomic mass is 35.5. The van der Waals surface area contributed by atoms with Gasteiger partial charge in [0.05, 0.1) is 10.7 Å². The van der Waals surface area contributed by atoms with Gasteiger partial charge in [-0.15, -0.1) is 0 Å². The number of rotatable bonds is 2. The van der Waals surface area contributed by atoms with Crippen LogP contribution in [0.4, 0.5) is 11.5 Å². The highest BCUT2D eigenvalue weighted by Crippen LogP contribution is 2.27. The van der Waals surface area contributed by atoms with Gasteiger partial charge in [0.2, 0.25) is 0 Å². The van der Waals surface area contributed by atoms with Crippen molar-refractivity contribution in [3.05, 3.63) is 52.2 Å². The molecule has 1 heterocycles. The van der Waals surface area contributed by atoms with E-state index in [1.54, 1.807) is 24.4 Å². The van der Waals surface area contributed by atoms with E-state index >= 15 is 0 Å². The van der Waals surface area contributed by atoms with Crippen LogP contribution in [0, 0.1) is 20.8 Å². The first-order chi connectivity index (χ1) is 10.4. The summed E-state index contributed by atoms with van der Waals surface area (Å²) in [6.45, 7) is 5.60. The molecular weight excluding hydrogens is 302 g/mol. The van der Waals surface area contributed by atoms with Crippen LogP contribution < -0.4 is 10.6 Å². The Hall–Kier alpha value is -2.40. The molecule has 22 heavy (non-hydrogen) atoms. The lowest BCUT2D eigenvalue weighted by Crippen LogP contribution is -2.29. The maximum atomic E-state index is 12.0. The highest BCUT2D eigenvalue weighted by molar-refractivity contribution is 6.44. The predicted molar refractivity (Wildman–Crippen MR) is 87.2 cm³/mol. The molecule has 0 unspecified atom stereocenters. The van der Waals surface area contributed by atoms with E-state index < -0.39 is 11.8 Å². The summed E-state index contributed by atoms with van der Waals surface area (Å²) >= 11 is 6.10. The van der Waals surface area contributed by atoms with Crippen LogP contribution in [0.5, 0.6) is 0 Å². The monoisotopic (exact) mass is 317 g/mol. The number of hydrogen-bond donors (Lipinski definition) is 2. The first-order valence-electron chi connectivity index (χ1n) is 6.68. The average Bonchev–Trinajstić information content (AvgIpc) is 2.45. The predicted octanol–water partition coefficient (Wildman–Crippen LogP) is 3.24. The molecule has 114 valence electrons. The quantitative estimate of drug-likeness (QED) is 0.835. The van der Waals surface area contributed by atoms with E-state index in [9.17, 15) is 9.59 Å². The van der Waals surface area contributed by atoms with Crippen molar-refractivity contribution in [3.8, 4) is 0 Å². The minimum Gasteiger partial charge on any atom is -0.316 e. The zero-order valence-corrected chi connectivity index (χ0v) is 13.3. The Morgan fingerprint density at radius 2 is 1.68 bits per heavy atom. The molecule has 6 heteroatoms. The number of carbonyl (C=O) groups is 2. The van der Waals surface area contributed by atoms with Gasteiger partial charge in [-0.25, -0.2) is 4.98 Å². The van der Waals surface area contributed by atoms with Crippen LogP contribution in [0.2, 0.25) is 5.02 Å². The molecule has 0 radical (unpaired) electrons. The fourth-order valence-corrected chi connectivity index (χ4v) is 2.33. The Morgan fingerprint density at radius 1 is 1.00 bits per heavy atom. The van der Waals surface area contributed by atoms with Gasteiger partial charge in [0, 0.05) is 6.20 Å². The smallest absolute Gasteiger partial charge is 0.315 e. The van der Waals surface area contributed by atoms with E-state index in [1.165, 1.54) is 0 Å². The molecule has 2 aromatic rings. The van der Waals surface area contributed by atoms with Crippen molar-refractivity contribution in [1.82, 2.24) is 4.98 Å². The Labute approximate surface area is 133 Å². The normalized spacial score (nSPS) is 10.2. The molecule has 0 aliphatic heterocycles. The van der Waals surface area contributed by atoms with E-state index in [2.05, 4.69) is 15.6 Å². The molecule has 0 bridgehead atoms. The summed E-state index contributed by atoms with van der Waals surface area (Å²) in [7, 11) is 0. The summed E-state index contributed by atoms with van der Waals surface area (Å²) in [5, 5.41) is 5.36. The largest absolute Gasteiger partial charge is 0.316 e. The average molecular weight is 318 g/mol. The van der Waals surface area contributed by atoms with Crippen molar-refractivity contribution in [2.45, 2.75) is 20.8 Å². The number of nitrogens with one attached hydrogen (secondary N) is 2. The number of nitrogens with zero attached hydrogens (tertiary/aromatic N) is 1. The van der Waals surface area contributed by atoms with Crippen molar-refractivity contribution >= 4 is 34.9 Å². The number of anilines is 2. The topological polar surface area (TPSA) is 71.1 Å². The Bertz CT molecular complexity index is 704. The molecule has 0 saturated heterocycles. The second-order valence-electron chi connectivity index (χ2n) is 5.07. The van der Waals surface area contributed by atoms with Crippen molar-refractivity contribution in [2.24, 2.45) is 0 Å². The summed E-state index contributed by atoms with van der Waals surface area (Å²) < 4.78 is 0. The molecule has 0 spiro atoms. The van der Waals surface area contributed by atoms with Gasteiger partial charge in [-0.1, -0.05) is 23.7 Å². The van der Waals surface area contributed by atoms with Crippen molar-refractivity contribution in [3.63, 3.8) is 0 Å². The molecule has 0 saturated carbocycles. The van der Waals surface area contributed by atoms with E-state index in [1.807, 2.05) is 26.8 Å². The van der Waals surface area contributed by atoms with Gasteiger partial charge in [-0.3, -0.25) is 9.59 Å². The number of aryl methyl sites for hydroxylation is 3. The molecule has 2 N–H and O–H groups in total. The van der Waals surface area contributed by atoms with E-state index in [-0.39, 0.29) is 0 Å². The summed E-state index contributed by atoms with van der Waals surface area (Å²) in [6, 6.07) is 7.02. The Morgan fingerprint density at radius 3 is 2.27 bits per heavy atom. The minimum absolute atomic E-state index is 0.317. The molecule has 1 aromatic carbocycles. The third kappa shape index (κ3) is 3.83. The molecule has 0 aliphatic rings. The first kappa shape index (κ1) is 16.0. The summed E-state index contributed by atoms with van der Waals surface area (Å²) in [5.41, 5.74) is 3.17. The van der Waals surface area contributed by atoms with Crippen molar-refractivity contribution in [2.75, 3.05) is 10.6 Å². The molecule has 1 aromatic heterocycles. The summed E-state index contributed by atoms with van der Waals surface area (Å²) in [5.74, 6) is -1.28. The van der Waals surface area contributed by atoms with Crippen molar-refractivity contribution < 1.29 is 9.59 Å². The molecular formula is C16H16ClN3O2. The number of benzene rings is 1. The van der Waals surface area contributed by atoms with Gasteiger partial charge < -0.3 is 10.6 Å². The fraction of sp³-hybridized carbons (Fsp3) is 0.188. The van der Waals surface area contributed by atoms with Crippen molar-refractivity contribution in [1.29, 1.82) is 0 Å². The molecule has 0 atom stereocenters. The van der Waals surface area contributed by atoms with E-state index in [4.69, 9.17) is 11.6 Å². The van der Waals surface area contributed by atoms with Gasteiger partial charge in [-0.05, 0) is 49.6 Å². The Kier molecular flexibility index (Phi) is 4.78. The third-order valence-electron chi connectivity index (χ3n) is 3.03. The van der Waals surface area contributed by atoms with Gasteiger partial charge in [-0.2, -0.15) is 0 Å². The molecule has 2 rings (SSSR count). The second-order valence-corrected chi connectivity index (χ2v) is 5.47. The SMILES string of the molecule is Cc1ccc(NC(=O)C(=O)Nc2c(C)cc(C)cc2Cl)nc1. The standard InChI is InChI=1S/C16H16ClN3O2/c1-9-4-5-13(18-8-9)19-15(21)16(22)20-14-11(3)6-10(2)7-12(14)17/h4-8H,1-3H3,(H,20,22)(H,18,19,21). The summed E-state index contributed by atoms with van der Waals surface area (Å²) in [6.07, 6.45) is 1.61. The minimum atomic E-state index is -0.799. The van der Waals surface area contributed by atoms with Crippen LogP contribution in [0.1, 0.15) is 16.7 Å². The van der Waals surface area contributed by atoms with Crippen LogP contribution in [0.25, 0.3) is 0 Å². The molecule has 2 amide bonds. The number of carbonyl (C=O) groups excluding carboxylic acids is 2. The maximum Gasteiger partial charge on any atom is 0.315 e. The van der Waals surface area contributed by atoms with Gasteiger partial charge >= 0.3 is 11.8 Å². The van der Waals surface area contributed by atoms with Crippen LogP contribution in [-0.2, 0) is 9.59 Å². The number of hydrogen-bond acceptors (Lipinski definition) is 3. The highest BCUT2D eigenvalue weighted by Gasteiger charge is 2.17. The molecule has 0 fully saturated rings. The van der Waals surface area contributed by atoms with Crippen LogP contribution in [-0.4, -0.2) is 16.8 Å². The molecule has 0 aliphatic carbocycles. The third-order valence-corrected chi connectivity index (χ3v) is 3.33. The number of aromatic nitrogens is 1. The van der Waals surface area contributed by atoms with Crippen LogP contribution in [0.3, 0.4) is 0 Å². The lowest BCUT2D eigenvalue weighted by atomic mass is 10.1. The summed E-state index contributed by atoms with van der Waals surface area (Å²) in [4.78, 5) is 27.9. The van der Waals surface area contributed by atoms with Crippen LogP contribution in [0.15, 0.2) is 30.5 Å². The second kappa shape index (κ2) is 6.58. The van der Waals surface area contributed by atoms with E-state index in [0.29, 0.717) is 16.5 Å². The zero-order chi connectivity index (χ0) is 16.3. The number of pyridine rings is 1. The lowest BCUT2D eigenvalue weighted by Gasteiger charge is -2.11. The maximum absolute atomic E-state index is 12.0. The van der Waals surface area contributed by atoms with Gasteiger partial charge in [0.25, 0.3) is 0 Å². The van der Waals surface area contributed by atoms with Gasteiger partial charge in [0.1, 0.15) is 5.82 Å².